The van der Waals surface area contributed by atoms with Gasteiger partial charge in [-0.2, -0.15) is 5.26 Å². The van der Waals surface area contributed by atoms with Crippen LogP contribution in [0.1, 0.15) is 28.2 Å². The second-order valence-electron chi connectivity index (χ2n) is 9.49. The Balaban J connectivity index is 1.83. The summed E-state index contributed by atoms with van der Waals surface area (Å²) in [5, 5.41) is 29.1. The molecule has 10 heteroatoms. The second kappa shape index (κ2) is 11.1. The first-order chi connectivity index (χ1) is 19.4. The molecule has 0 unspecified atom stereocenters. The van der Waals surface area contributed by atoms with E-state index in [-0.39, 0.29) is 11.4 Å². The van der Waals surface area contributed by atoms with Crippen LogP contribution in [0.15, 0.2) is 96.4 Å². The molecule has 2 N–H and O–H groups in total. The molecule has 0 fully saturated rings. The monoisotopic (exact) mass is 557 g/mol. The van der Waals surface area contributed by atoms with Crippen molar-refractivity contribution in [1.82, 2.24) is 9.97 Å². The Kier molecular flexibility index (Phi) is 7.54. The van der Waals surface area contributed by atoms with Crippen molar-refractivity contribution in [3.05, 3.63) is 114 Å². The van der Waals surface area contributed by atoms with Gasteiger partial charge in [0.15, 0.2) is 5.03 Å². The van der Waals surface area contributed by atoms with Crippen LogP contribution in [0.5, 0.6) is 11.5 Å². The minimum atomic E-state index is -4.36. The predicted molar refractivity (Wildman–Crippen MR) is 145 cm³/mol. The molecule has 9 nitrogen and oxygen atoms in total. The number of fused-ring (bicyclic) bond motifs is 1. The van der Waals surface area contributed by atoms with E-state index in [4.69, 9.17) is 9.47 Å². The lowest BCUT2D eigenvalue weighted by atomic mass is 9.72. The van der Waals surface area contributed by atoms with Crippen LogP contribution < -0.4 is 9.47 Å². The average molecular weight is 558 g/mol. The first-order valence-electron chi connectivity index (χ1n) is 12.5. The molecule has 0 radical (unpaired) electrons. The summed E-state index contributed by atoms with van der Waals surface area (Å²) in [6.45, 7) is -0.818. The summed E-state index contributed by atoms with van der Waals surface area (Å²) in [6, 6.07) is 22.2. The van der Waals surface area contributed by atoms with E-state index in [1.165, 1.54) is 25.6 Å². The molecule has 1 aliphatic heterocycles. The summed E-state index contributed by atoms with van der Waals surface area (Å²) in [6.07, 6.45) is 2.92. The van der Waals surface area contributed by atoms with Crippen LogP contribution in [-0.4, -0.2) is 53.7 Å². The Bertz CT molecular complexity index is 1630. The Morgan fingerprint density at radius 1 is 1.07 bits per heavy atom. The standard InChI is InChI=1S/C30H27N3O6S/c1-38-25-17-32-18-26-23(25)15-30(39-26,22-12-10-20(16-31)11-13-22)28(21-7-3-2-4-8-21)29(24(35)19-34)40(36,37)27-9-5-6-14-33-27/h2-14,17-18,24,28-29,34-35H,15,19H2,1H3/t24-,28+,29-,30-/m0/s1. The fourth-order valence-electron chi connectivity index (χ4n) is 5.48. The van der Waals surface area contributed by atoms with Gasteiger partial charge in [0, 0.05) is 24.1 Å². The lowest BCUT2D eigenvalue weighted by Gasteiger charge is -2.42. The molecule has 2 aromatic heterocycles. The first-order valence-corrected chi connectivity index (χ1v) is 14.1. The maximum atomic E-state index is 14.3. The second-order valence-corrected chi connectivity index (χ2v) is 11.5. The molecule has 3 heterocycles. The molecule has 0 saturated heterocycles. The van der Waals surface area contributed by atoms with Gasteiger partial charge in [0.05, 0.1) is 43.8 Å². The highest BCUT2D eigenvalue weighted by atomic mass is 32.2. The summed E-state index contributed by atoms with van der Waals surface area (Å²) in [5.41, 5.74) is 0.804. The van der Waals surface area contributed by atoms with Crippen molar-refractivity contribution in [3.8, 4) is 17.6 Å². The largest absolute Gasteiger partial charge is 0.495 e. The lowest BCUT2D eigenvalue weighted by molar-refractivity contribution is 0.0202. The van der Waals surface area contributed by atoms with Gasteiger partial charge in [0.2, 0.25) is 9.84 Å². The SMILES string of the molecule is COc1cncc2c1C[C@](c1ccc(C#N)cc1)([C@H](c1ccccc1)[C@H]([C@@H](O)CO)S(=O)(=O)c1ccccn1)O2. The van der Waals surface area contributed by atoms with E-state index in [0.29, 0.717) is 33.8 Å². The van der Waals surface area contributed by atoms with E-state index >= 15 is 0 Å². The molecule has 204 valence electrons. The zero-order valence-electron chi connectivity index (χ0n) is 21.6. The number of aliphatic hydroxyl groups excluding tert-OH is 2. The molecular formula is C30H27N3O6S. The molecule has 0 aliphatic carbocycles. The van der Waals surface area contributed by atoms with Crippen LogP contribution in [0.3, 0.4) is 0 Å². The number of benzene rings is 2. The number of methoxy groups -OCH3 is 1. The van der Waals surface area contributed by atoms with Gasteiger partial charge >= 0.3 is 0 Å². The molecule has 0 spiro atoms. The number of ether oxygens (including phenoxy) is 2. The number of hydrogen-bond donors (Lipinski definition) is 2. The maximum absolute atomic E-state index is 14.3. The molecule has 0 bridgehead atoms. The average Bonchev–Trinajstić information content (AvgIpc) is 3.41. The summed E-state index contributed by atoms with van der Waals surface area (Å²) in [7, 11) is -2.85. The number of hydrogen-bond acceptors (Lipinski definition) is 9. The minimum absolute atomic E-state index is 0.159. The predicted octanol–water partition coefficient (Wildman–Crippen LogP) is 3.17. The van der Waals surface area contributed by atoms with Crippen molar-refractivity contribution in [1.29, 1.82) is 5.26 Å². The van der Waals surface area contributed by atoms with Crippen molar-refractivity contribution < 1.29 is 28.1 Å². The van der Waals surface area contributed by atoms with Crippen LogP contribution >= 0.6 is 0 Å². The van der Waals surface area contributed by atoms with Crippen molar-refractivity contribution >= 4 is 9.84 Å². The fourth-order valence-corrected chi connectivity index (χ4v) is 7.47. The molecule has 2 aromatic carbocycles. The quantitative estimate of drug-likeness (QED) is 0.317. The number of nitrogens with zero attached hydrogens (tertiary/aromatic N) is 3. The highest BCUT2D eigenvalue weighted by Crippen LogP contribution is 2.54. The third-order valence-electron chi connectivity index (χ3n) is 7.28. The smallest absolute Gasteiger partial charge is 0.201 e. The third-order valence-corrected chi connectivity index (χ3v) is 9.40. The maximum Gasteiger partial charge on any atom is 0.201 e. The van der Waals surface area contributed by atoms with Gasteiger partial charge < -0.3 is 19.7 Å². The van der Waals surface area contributed by atoms with Crippen molar-refractivity contribution in [2.24, 2.45) is 0 Å². The van der Waals surface area contributed by atoms with E-state index in [1.807, 2.05) is 0 Å². The first kappa shape index (κ1) is 27.3. The van der Waals surface area contributed by atoms with E-state index in [0.717, 1.165) is 0 Å². The minimum Gasteiger partial charge on any atom is -0.495 e. The number of aliphatic hydroxyl groups is 2. The molecule has 4 aromatic rings. The van der Waals surface area contributed by atoms with Gasteiger partial charge in [0.25, 0.3) is 0 Å². The van der Waals surface area contributed by atoms with Crippen LogP contribution in [0, 0.1) is 11.3 Å². The fraction of sp³-hybridized carbons (Fsp3) is 0.233. The van der Waals surface area contributed by atoms with Gasteiger partial charge in [-0.1, -0.05) is 48.5 Å². The van der Waals surface area contributed by atoms with Crippen LogP contribution in [-0.2, 0) is 21.9 Å². The third kappa shape index (κ3) is 4.69. The number of sulfone groups is 1. The van der Waals surface area contributed by atoms with Gasteiger partial charge in [-0.3, -0.25) is 4.98 Å². The van der Waals surface area contributed by atoms with E-state index in [1.54, 1.807) is 72.9 Å². The number of aromatic nitrogens is 2. The van der Waals surface area contributed by atoms with Crippen molar-refractivity contribution in [2.45, 2.75) is 34.3 Å². The van der Waals surface area contributed by atoms with Crippen LogP contribution in [0.2, 0.25) is 0 Å². The highest BCUT2D eigenvalue weighted by molar-refractivity contribution is 7.92. The molecular weight excluding hydrogens is 530 g/mol. The van der Waals surface area contributed by atoms with Crippen LogP contribution in [0.25, 0.3) is 0 Å². The number of pyridine rings is 2. The van der Waals surface area contributed by atoms with Gasteiger partial charge in [-0.05, 0) is 35.4 Å². The van der Waals surface area contributed by atoms with E-state index in [9.17, 15) is 23.9 Å². The Morgan fingerprint density at radius 2 is 1.80 bits per heavy atom. The molecule has 40 heavy (non-hydrogen) atoms. The summed E-state index contributed by atoms with van der Waals surface area (Å²) < 4.78 is 40.9. The molecule has 1 aliphatic rings. The number of rotatable bonds is 9. The lowest BCUT2D eigenvalue weighted by Crippen LogP contribution is -2.52. The van der Waals surface area contributed by atoms with E-state index < -0.39 is 39.3 Å². The van der Waals surface area contributed by atoms with Crippen molar-refractivity contribution in [2.75, 3.05) is 13.7 Å². The van der Waals surface area contributed by atoms with Gasteiger partial charge in [0.1, 0.15) is 22.4 Å². The Morgan fingerprint density at radius 3 is 2.42 bits per heavy atom. The van der Waals surface area contributed by atoms with Gasteiger partial charge in [-0.15, -0.1) is 0 Å². The van der Waals surface area contributed by atoms with Crippen molar-refractivity contribution in [3.63, 3.8) is 0 Å². The molecule has 0 saturated carbocycles. The molecule has 4 atom stereocenters. The zero-order chi connectivity index (χ0) is 28.3. The highest BCUT2D eigenvalue weighted by Gasteiger charge is 2.57. The summed E-state index contributed by atoms with van der Waals surface area (Å²) in [4.78, 5) is 8.32. The summed E-state index contributed by atoms with van der Waals surface area (Å²) in [5.74, 6) is -0.198. The van der Waals surface area contributed by atoms with E-state index in [2.05, 4.69) is 16.0 Å². The summed E-state index contributed by atoms with van der Waals surface area (Å²) >= 11 is 0. The zero-order valence-corrected chi connectivity index (χ0v) is 22.4. The Hall–Kier alpha value is -4.30. The number of nitriles is 1. The topological polar surface area (TPSA) is 143 Å². The van der Waals surface area contributed by atoms with Crippen LogP contribution in [0.4, 0.5) is 0 Å². The molecule has 5 rings (SSSR count). The Labute approximate surface area is 232 Å². The van der Waals surface area contributed by atoms with Gasteiger partial charge in [-0.25, -0.2) is 13.4 Å². The normalized spacial score (nSPS) is 18.6. The molecule has 0 amide bonds.